The zero-order valence-corrected chi connectivity index (χ0v) is 16.3. The van der Waals surface area contributed by atoms with Crippen molar-refractivity contribution in [2.45, 2.75) is 26.4 Å². The van der Waals surface area contributed by atoms with E-state index in [1.165, 1.54) is 0 Å². The van der Waals surface area contributed by atoms with E-state index in [0.29, 0.717) is 28.7 Å². The van der Waals surface area contributed by atoms with Crippen LogP contribution in [0.4, 0.5) is 0 Å². The predicted octanol–water partition coefficient (Wildman–Crippen LogP) is 3.78. The number of hydrogen-bond acceptors (Lipinski definition) is 6. The molecule has 0 saturated carbocycles. The molecule has 142 valence electrons. The summed E-state index contributed by atoms with van der Waals surface area (Å²) >= 11 is 6.53. The summed E-state index contributed by atoms with van der Waals surface area (Å²) in [5, 5.41) is 9.32. The Bertz CT molecular complexity index is 1200. The topological polar surface area (TPSA) is 74.4 Å². The van der Waals surface area contributed by atoms with Crippen molar-refractivity contribution in [1.82, 2.24) is 24.6 Å². The third kappa shape index (κ3) is 2.87. The SMILES string of the molecule is Cc1ccc2nc(C)c3nnc(-c4cc(O[C@H]5CCOC5)ccc4Cl)n3c2n1. The highest BCUT2D eigenvalue weighted by Gasteiger charge is 2.20. The van der Waals surface area contributed by atoms with Crippen LogP contribution in [-0.2, 0) is 4.74 Å². The van der Waals surface area contributed by atoms with Crippen LogP contribution in [0.5, 0.6) is 5.75 Å². The molecule has 7 nitrogen and oxygen atoms in total. The van der Waals surface area contributed by atoms with Gasteiger partial charge in [-0.25, -0.2) is 9.97 Å². The number of rotatable bonds is 3. The van der Waals surface area contributed by atoms with Gasteiger partial charge in [0.15, 0.2) is 17.1 Å². The van der Waals surface area contributed by atoms with E-state index >= 15 is 0 Å². The summed E-state index contributed by atoms with van der Waals surface area (Å²) < 4.78 is 13.3. The van der Waals surface area contributed by atoms with E-state index in [4.69, 9.17) is 21.1 Å². The number of aryl methyl sites for hydroxylation is 2. The second-order valence-corrected chi connectivity index (χ2v) is 7.33. The van der Waals surface area contributed by atoms with E-state index in [9.17, 15) is 0 Å². The van der Waals surface area contributed by atoms with Gasteiger partial charge in [-0.05, 0) is 44.2 Å². The minimum atomic E-state index is 0.0563. The lowest BCUT2D eigenvalue weighted by molar-refractivity contribution is 0.141. The molecule has 0 radical (unpaired) electrons. The molecule has 1 fully saturated rings. The highest BCUT2D eigenvalue weighted by Crippen LogP contribution is 2.33. The molecule has 0 amide bonds. The first-order valence-corrected chi connectivity index (χ1v) is 9.51. The van der Waals surface area contributed by atoms with Crippen LogP contribution < -0.4 is 4.74 Å². The van der Waals surface area contributed by atoms with Crippen molar-refractivity contribution in [2.75, 3.05) is 13.2 Å². The molecule has 4 heterocycles. The van der Waals surface area contributed by atoms with Crippen molar-refractivity contribution in [3.8, 4) is 17.1 Å². The van der Waals surface area contributed by atoms with Gasteiger partial charge >= 0.3 is 0 Å². The van der Waals surface area contributed by atoms with Crippen LogP contribution in [0.25, 0.3) is 28.2 Å². The average Bonchev–Trinajstić information content (AvgIpc) is 3.34. The minimum Gasteiger partial charge on any atom is -0.488 e. The summed E-state index contributed by atoms with van der Waals surface area (Å²) in [5.41, 5.74) is 4.55. The van der Waals surface area contributed by atoms with Crippen molar-refractivity contribution < 1.29 is 9.47 Å². The van der Waals surface area contributed by atoms with Crippen molar-refractivity contribution >= 4 is 28.4 Å². The molecular formula is C20H18ClN5O2. The molecule has 0 spiro atoms. The average molecular weight is 396 g/mol. The van der Waals surface area contributed by atoms with Crippen LogP contribution in [0.15, 0.2) is 30.3 Å². The third-order valence-corrected chi connectivity index (χ3v) is 5.18. The Kier molecular flexibility index (Phi) is 4.14. The van der Waals surface area contributed by atoms with E-state index in [0.717, 1.165) is 41.2 Å². The molecule has 1 aliphatic heterocycles. The zero-order chi connectivity index (χ0) is 19.3. The predicted molar refractivity (Wildman–Crippen MR) is 106 cm³/mol. The van der Waals surface area contributed by atoms with Gasteiger partial charge in [0, 0.05) is 17.7 Å². The monoisotopic (exact) mass is 395 g/mol. The fraction of sp³-hybridized carbons (Fsp3) is 0.300. The van der Waals surface area contributed by atoms with Gasteiger partial charge in [-0.15, -0.1) is 10.2 Å². The normalized spacial score (nSPS) is 16.9. The van der Waals surface area contributed by atoms with Gasteiger partial charge in [0.2, 0.25) is 0 Å². The summed E-state index contributed by atoms with van der Waals surface area (Å²) in [7, 11) is 0. The minimum absolute atomic E-state index is 0.0563. The summed E-state index contributed by atoms with van der Waals surface area (Å²) in [6, 6.07) is 9.47. The summed E-state index contributed by atoms with van der Waals surface area (Å²) in [6.07, 6.45) is 0.936. The Morgan fingerprint density at radius 2 is 2.00 bits per heavy atom. The standard InChI is InChI=1S/C20H18ClN5O2/c1-11-3-6-17-20(22-11)26-18(12(2)23-17)24-25-19(26)15-9-13(4-5-16(15)21)28-14-7-8-27-10-14/h3-6,9,14H,7-8,10H2,1-2H3/t14-/m0/s1. The Morgan fingerprint density at radius 1 is 1.11 bits per heavy atom. The molecule has 1 aromatic carbocycles. The molecule has 28 heavy (non-hydrogen) atoms. The summed E-state index contributed by atoms with van der Waals surface area (Å²) in [5.74, 6) is 1.34. The smallest absolute Gasteiger partial charge is 0.184 e. The highest BCUT2D eigenvalue weighted by molar-refractivity contribution is 6.33. The van der Waals surface area contributed by atoms with Crippen molar-refractivity contribution in [1.29, 1.82) is 0 Å². The van der Waals surface area contributed by atoms with Gasteiger partial charge < -0.3 is 9.47 Å². The lowest BCUT2D eigenvalue weighted by atomic mass is 10.2. The maximum absolute atomic E-state index is 6.53. The molecule has 1 saturated heterocycles. The van der Waals surface area contributed by atoms with Gasteiger partial charge in [-0.1, -0.05) is 11.6 Å². The number of halogens is 1. The fourth-order valence-corrected chi connectivity index (χ4v) is 3.66. The van der Waals surface area contributed by atoms with E-state index in [1.807, 2.05) is 48.6 Å². The van der Waals surface area contributed by atoms with Crippen LogP contribution >= 0.6 is 11.6 Å². The van der Waals surface area contributed by atoms with E-state index < -0.39 is 0 Å². The number of ether oxygens (including phenoxy) is 2. The first kappa shape index (κ1) is 17.3. The largest absolute Gasteiger partial charge is 0.488 e. The molecule has 0 unspecified atom stereocenters. The number of pyridine rings is 1. The second-order valence-electron chi connectivity index (χ2n) is 6.92. The Balaban J connectivity index is 1.71. The first-order chi connectivity index (χ1) is 13.6. The quantitative estimate of drug-likeness (QED) is 0.525. The molecule has 3 aromatic heterocycles. The Labute approximate surface area is 166 Å². The third-order valence-electron chi connectivity index (χ3n) is 4.85. The lowest BCUT2D eigenvalue weighted by Crippen LogP contribution is -2.15. The maximum Gasteiger partial charge on any atom is 0.184 e. The number of nitrogens with zero attached hydrogens (tertiary/aromatic N) is 5. The lowest BCUT2D eigenvalue weighted by Gasteiger charge is -2.13. The van der Waals surface area contributed by atoms with Gasteiger partial charge in [0.1, 0.15) is 17.4 Å². The van der Waals surface area contributed by atoms with Gasteiger partial charge in [-0.2, -0.15) is 0 Å². The first-order valence-electron chi connectivity index (χ1n) is 9.13. The zero-order valence-electron chi connectivity index (χ0n) is 15.5. The molecule has 5 rings (SSSR count). The van der Waals surface area contributed by atoms with Gasteiger partial charge in [0.25, 0.3) is 0 Å². The van der Waals surface area contributed by atoms with E-state index in [1.54, 1.807) is 0 Å². The number of aromatic nitrogens is 5. The molecule has 8 heteroatoms. The fourth-order valence-electron chi connectivity index (χ4n) is 3.46. The molecular weight excluding hydrogens is 378 g/mol. The number of benzene rings is 1. The summed E-state index contributed by atoms with van der Waals surface area (Å²) in [6.45, 7) is 5.18. The summed E-state index contributed by atoms with van der Waals surface area (Å²) in [4.78, 5) is 9.27. The van der Waals surface area contributed by atoms with E-state index in [2.05, 4.69) is 20.2 Å². The van der Waals surface area contributed by atoms with Crippen LogP contribution in [-0.4, -0.2) is 43.9 Å². The molecule has 1 aliphatic rings. The van der Waals surface area contributed by atoms with Gasteiger partial charge in [0.05, 0.1) is 23.9 Å². The number of fused-ring (bicyclic) bond motifs is 3. The highest BCUT2D eigenvalue weighted by atomic mass is 35.5. The van der Waals surface area contributed by atoms with Crippen molar-refractivity contribution in [2.24, 2.45) is 0 Å². The Morgan fingerprint density at radius 3 is 2.82 bits per heavy atom. The molecule has 0 aliphatic carbocycles. The molecule has 4 aromatic rings. The van der Waals surface area contributed by atoms with Crippen LogP contribution in [0.1, 0.15) is 17.8 Å². The molecule has 0 N–H and O–H groups in total. The van der Waals surface area contributed by atoms with Crippen molar-refractivity contribution in [3.63, 3.8) is 0 Å². The van der Waals surface area contributed by atoms with Crippen LogP contribution in [0.3, 0.4) is 0 Å². The van der Waals surface area contributed by atoms with Crippen molar-refractivity contribution in [3.05, 3.63) is 46.7 Å². The van der Waals surface area contributed by atoms with Gasteiger partial charge in [-0.3, -0.25) is 4.40 Å². The van der Waals surface area contributed by atoms with Crippen LogP contribution in [0, 0.1) is 13.8 Å². The Hall–Kier alpha value is -2.77. The number of hydrogen-bond donors (Lipinski definition) is 0. The maximum atomic E-state index is 6.53. The molecule has 1 atom stereocenters. The second kappa shape index (κ2) is 6.68. The van der Waals surface area contributed by atoms with E-state index in [-0.39, 0.29) is 6.10 Å². The molecule has 0 bridgehead atoms. The van der Waals surface area contributed by atoms with Crippen LogP contribution in [0.2, 0.25) is 5.02 Å².